The molecule has 0 amide bonds. The Morgan fingerprint density at radius 3 is 2.72 bits per heavy atom. The topological polar surface area (TPSA) is 78.7 Å². The molecule has 1 aromatic carbocycles. The van der Waals surface area contributed by atoms with Gasteiger partial charge in [-0.15, -0.1) is 0 Å². The zero-order valence-corrected chi connectivity index (χ0v) is 9.80. The highest BCUT2D eigenvalue weighted by molar-refractivity contribution is 5.37. The zero-order chi connectivity index (χ0) is 13.1. The highest BCUT2D eigenvalue weighted by atomic mass is 16.2. The zero-order valence-electron chi connectivity index (χ0n) is 9.80. The lowest BCUT2D eigenvalue weighted by molar-refractivity contribution is 0.717. The molecule has 0 spiro atoms. The van der Waals surface area contributed by atoms with Crippen LogP contribution in [-0.2, 0) is 6.54 Å². The summed E-state index contributed by atoms with van der Waals surface area (Å²) in [7, 11) is 0. The average molecular weight is 241 g/mol. The van der Waals surface area contributed by atoms with Crippen LogP contribution in [0.1, 0.15) is 16.7 Å². The minimum Gasteiger partial charge on any atom is -0.296 e. The molecule has 18 heavy (non-hydrogen) atoms. The van der Waals surface area contributed by atoms with Crippen LogP contribution < -0.4 is 11.2 Å². The highest BCUT2D eigenvalue weighted by Gasteiger charge is 2.03. The second-order valence-corrected chi connectivity index (χ2v) is 3.99. The first-order chi connectivity index (χ1) is 8.60. The van der Waals surface area contributed by atoms with Crippen LogP contribution in [0.25, 0.3) is 0 Å². The van der Waals surface area contributed by atoms with Crippen LogP contribution in [0.3, 0.4) is 0 Å². The van der Waals surface area contributed by atoms with E-state index in [2.05, 4.69) is 11.1 Å². The third-order valence-electron chi connectivity index (χ3n) is 2.71. The lowest BCUT2D eigenvalue weighted by Gasteiger charge is -2.08. The molecule has 0 radical (unpaired) electrons. The molecule has 0 saturated heterocycles. The minimum atomic E-state index is -0.439. The van der Waals surface area contributed by atoms with E-state index in [0.29, 0.717) is 12.1 Å². The number of aryl methyl sites for hydroxylation is 1. The van der Waals surface area contributed by atoms with E-state index in [0.717, 1.165) is 11.1 Å². The first-order valence-corrected chi connectivity index (χ1v) is 5.39. The van der Waals surface area contributed by atoms with E-state index >= 15 is 0 Å². The standard InChI is InChI=1S/C13H11N3O2/c1-9-6-10(7-14)2-3-11(9)8-16-5-4-12(17)15-13(16)18/h2-6H,8H2,1H3,(H,15,17,18). The quantitative estimate of drug-likeness (QED) is 0.843. The number of nitrogens with zero attached hydrogens (tertiary/aromatic N) is 2. The predicted octanol–water partition coefficient (Wildman–Crippen LogP) is 0.765. The van der Waals surface area contributed by atoms with Gasteiger partial charge in [-0.3, -0.25) is 14.3 Å². The van der Waals surface area contributed by atoms with Crippen molar-refractivity contribution in [3.8, 4) is 6.07 Å². The van der Waals surface area contributed by atoms with E-state index in [9.17, 15) is 9.59 Å². The molecule has 0 fully saturated rings. The molecule has 0 aliphatic heterocycles. The molecule has 90 valence electrons. The molecule has 0 bridgehead atoms. The fourth-order valence-electron chi connectivity index (χ4n) is 1.70. The summed E-state index contributed by atoms with van der Waals surface area (Å²) < 4.78 is 1.41. The summed E-state index contributed by atoms with van der Waals surface area (Å²) in [5.41, 5.74) is 1.61. The molecule has 5 heteroatoms. The lowest BCUT2D eigenvalue weighted by Crippen LogP contribution is -2.29. The molecule has 2 aromatic rings. The number of hydrogen-bond acceptors (Lipinski definition) is 3. The average Bonchev–Trinajstić information content (AvgIpc) is 2.34. The Balaban J connectivity index is 2.38. The van der Waals surface area contributed by atoms with E-state index in [-0.39, 0.29) is 0 Å². The van der Waals surface area contributed by atoms with Crippen molar-refractivity contribution < 1.29 is 0 Å². The van der Waals surface area contributed by atoms with Gasteiger partial charge in [0.25, 0.3) is 5.56 Å². The van der Waals surface area contributed by atoms with Crippen LogP contribution in [0.15, 0.2) is 40.1 Å². The van der Waals surface area contributed by atoms with Gasteiger partial charge in [0.1, 0.15) is 0 Å². The molecule has 0 saturated carbocycles. The Labute approximate surface area is 103 Å². The molecule has 1 N–H and O–H groups in total. The van der Waals surface area contributed by atoms with Crippen molar-refractivity contribution in [3.63, 3.8) is 0 Å². The van der Waals surface area contributed by atoms with Gasteiger partial charge in [0, 0.05) is 12.3 Å². The van der Waals surface area contributed by atoms with Gasteiger partial charge in [-0.25, -0.2) is 4.79 Å². The van der Waals surface area contributed by atoms with E-state index in [1.54, 1.807) is 12.1 Å². The monoisotopic (exact) mass is 241 g/mol. The van der Waals surface area contributed by atoms with E-state index in [1.807, 2.05) is 13.0 Å². The lowest BCUT2D eigenvalue weighted by atomic mass is 10.1. The summed E-state index contributed by atoms with van der Waals surface area (Å²) in [5, 5.41) is 8.77. The highest BCUT2D eigenvalue weighted by Crippen LogP contribution is 2.11. The smallest absolute Gasteiger partial charge is 0.296 e. The third kappa shape index (κ3) is 2.38. The number of benzene rings is 1. The Bertz CT molecular complexity index is 735. The molecule has 0 aliphatic carbocycles. The molecule has 0 aliphatic rings. The molecule has 5 nitrogen and oxygen atoms in total. The van der Waals surface area contributed by atoms with Gasteiger partial charge < -0.3 is 0 Å². The Morgan fingerprint density at radius 1 is 1.33 bits per heavy atom. The predicted molar refractivity (Wildman–Crippen MR) is 66.3 cm³/mol. The molecule has 0 atom stereocenters. The van der Waals surface area contributed by atoms with Crippen molar-refractivity contribution in [1.82, 2.24) is 9.55 Å². The van der Waals surface area contributed by atoms with Crippen molar-refractivity contribution in [3.05, 3.63) is 68.0 Å². The van der Waals surface area contributed by atoms with Crippen LogP contribution in [0.2, 0.25) is 0 Å². The van der Waals surface area contributed by atoms with Gasteiger partial charge in [0.15, 0.2) is 0 Å². The normalized spacial score (nSPS) is 10.0. The van der Waals surface area contributed by atoms with Gasteiger partial charge in [0.05, 0.1) is 18.2 Å². The van der Waals surface area contributed by atoms with Crippen LogP contribution in [0.4, 0.5) is 0 Å². The van der Waals surface area contributed by atoms with Crippen LogP contribution >= 0.6 is 0 Å². The molecule has 1 heterocycles. The van der Waals surface area contributed by atoms with Crippen molar-refractivity contribution >= 4 is 0 Å². The molecule has 1 aromatic heterocycles. The third-order valence-corrected chi connectivity index (χ3v) is 2.71. The summed E-state index contributed by atoms with van der Waals surface area (Å²) in [4.78, 5) is 24.7. The summed E-state index contributed by atoms with van der Waals surface area (Å²) in [5.74, 6) is 0. The maximum atomic E-state index is 11.5. The number of nitriles is 1. The Kier molecular flexibility index (Phi) is 3.11. The van der Waals surface area contributed by atoms with Gasteiger partial charge in [-0.2, -0.15) is 5.26 Å². The Hall–Kier alpha value is -2.61. The van der Waals surface area contributed by atoms with Crippen LogP contribution in [0, 0.1) is 18.3 Å². The number of aromatic amines is 1. The van der Waals surface area contributed by atoms with Crippen molar-refractivity contribution in [2.45, 2.75) is 13.5 Å². The Morgan fingerprint density at radius 2 is 2.11 bits per heavy atom. The maximum Gasteiger partial charge on any atom is 0.328 e. The van der Waals surface area contributed by atoms with Crippen molar-refractivity contribution in [1.29, 1.82) is 5.26 Å². The van der Waals surface area contributed by atoms with Crippen molar-refractivity contribution in [2.75, 3.05) is 0 Å². The SMILES string of the molecule is Cc1cc(C#N)ccc1Cn1ccc(=O)[nH]c1=O. The molecule has 2 rings (SSSR count). The van der Waals surface area contributed by atoms with Gasteiger partial charge in [-0.1, -0.05) is 6.07 Å². The largest absolute Gasteiger partial charge is 0.328 e. The van der Waals surface area contributed by atoms with Crippen molar-refractivity contribution in [2.24, 2.45) is 0 Å². The summed E-state index contributed by atoms with van der Waals surface area (Å²) >= 11 is 0. The first kappa shape index (κ1) is 11.9. The van der Waals surface area contributed by atoms with E-state index in [1.165, 1.54) is 16.8 Å². The second kappa shape index (κ2) is 4.72. The first-order valence-electron chi connectivity index (χ1n) is 5.39. The van der Waals surface area contributed by atoms with E-state index < -0.39 is 11.2 Å². The number of aromatic nitrogens is 2. The molecular formula is C13H11N3O2. The summed E-state index contributed by atoms with van der Waals surface area (Å²) in [6.07, 6.45) is 1.46. The maximum absolute atomic E-state index is 11.5. The molecular weight excluding hydrogens is 230 g/mol. The minimum absolute atomic E-state index is 0.368. The van der Waals surface area contributed by atoms with Gasteiger partial charge in [-0.05, 0) is 30.2 Å². The number of hydrogen-bond donors (Lipinski definition) is 1. The second-order valence-electron chi connectivity index (χ2n) is 3.99. The number of nitrogens with one attached hydrogen (secondary N) is 1. The van der Waals surface area contributed by atoms with Gasteiger partial charge >= 0.3 is 5.69 Å². The van der Waals surface area contributed by atoms with E-state index in [4.69, 9.17) is 5.26 Å². The molecule has 0 unspecified atom stereocenters. The number of rotatable bonds is 2. The summed E-state index contributed by atoms with van der Waals surface area (Å²) in [6.45, 7) is 2.25. The van der Waals surface area contributed by atoms with Crippen LogP contribution in [-0.4, -0.2) is 9.55 Å². The fraction of sp³-hybridized carbons (Fsp3) is 0.154. The van der Waals surface area contributed by atoms with Gasteiger partial charge in [0.2, 0.25) is 0 Å². The number of H-pyrrole nitrogens is 1. The fourth-order valence-corrected chi connectivity index (χ4v) is 1.70. The van der Waals surface area contributed by atoms with Crippen LogP contribution in [0.5, 0.6) is 0 Å². The summed E-state index contributed by atoms with van der Waals surface area (Å²) in [6, 6.07) is 8.66.